The van der Waals surface area contributed by atoms with Gasteiger partial charge in [0.1, 0.15) is 18.8 Å². The van der Waals surface area contributed by atoms with E-state index in [1.807, 2.05) is 0 Å². The number of anilines is 1. The number of aromatic nitrogens is 1. The Balaban J connectivity index is 2.25. The van der Waals surface area contributed by atoms with Crippen LogP contribution in [0.2, 0.25) is 0 Å². The second kappa shape index (κ2) is 6.61. The summed E-state index contributed by atoms with van der Waals surface area (Å²) in [5.41, 5.74) is 10.2. The van der Waals surface area contributed by atoms with Gasteiger partial charge in [0.2, 0.25) is 5.91 Å². The van der Waals surface area contributed by atoms with Gasteiger partial charge in [-0.2, -0.15) is 12.7 Å². The fourth-order valence-electron chi connectivity index (χ4n) is 2.04. The molecule has 136 valence electrons. The molecule has 1 fully saturated rings. The smallest absolute Gasteiger partial charge is 0.363 e. The Morgan fingerprint density at radius 3 is 2.60 bits per heavy atom. The lowest BCUT2D eigenvalue weighted by molar-refractivity contribution is -0.150. The molecular formula is C10H12N6O7S2. The molecule has 1 aromatic rings. The lowest BCUT2D eigenvalue weighted by atomic mass is 9.98. The molecule has 0 spiro atoms. The highest BCUT2D eigenvalue weighted by Crippen LogP contribution is 2.23. The van der Waals surface area contributed by atoms with Crippen molar-refractivity contribution in [3.05, 3.63) is 11.1 Å². The number of primary amides is 1. The van der Waals surface area contributed by atoms with E-state index in [4.69, 9.17) is 16.0 Å². The van der Waals surface area contributed by atoms with Crippen LogP contribution < -0.4 is 16.8 Å². The lowest BCUT2D eigenvalue weighted by Gasteiger charge is -2.41. The zero-order valence-electron chi connectivity index (χ0n) is 12.4. The summed E-state index contributed by atoms with van der Waals surface area (Å²) in [6.45, 7) is 0. The number of amides is 3. The van der Waals surface area contributed by atoms with Gasteiger partial charge in [0, 0.05) is 5.38 Å². The van der Waals surface area contributed by atoms with Crippen LogP contribution in [0.15, 0.2) is 10.5 Å². The van der Waals surface area contributed by atoms with Crippen LogP contribution in [0.3, 0.4) is 0 Å². The van der Waals surface area contributed by atoms with Crippen LogP contribution in [0.4, 0.5) is 5.13 Å². The molecule has 3 amide bonds. The van der Waals surface area contributed by atoms with E-state index >= 15 is 0 Å². The summed E-state index contributed by atoms with van der Waals surface area (Å²) >= 11 is 1.01. The normalized spacial score (nSPS) is 20.8. The van der Waals surface area contributed by atoms with E-state index in [1.165, 1.54) is 5.38 Å². The Hall–Kier alpha value is -2.78. The molecule has 25 heavy (non-hydrogen) atoms. The summed E-state index contributed by atoms with van der Waals surface area (Å²) in [5, 5.41) is 7.10. The van der Waals surface area contributed by atoms with Gasteiger partial charge in [0.05, 0.1) is 0 Å². The third kappa shape index (κ3) is 3.52. The summed E-state index contributed by atoms with van der Waals surface area (Å²) in [4.78, 5) is 43.8. The van der Waals surface area contributed by atoms with E-state index in [-0.39, 0.29) is 20.8 Å². The first-order valence-electron chi connectivity index (χ1n) is 6.31. The molecule has 1 saturated heterocycles. The topological polar surface area (TPSA) is 207 Å². The number of nitrogen functional groups attached to an aromatic ring is 1. The molecule has 1 aliphatic rings. The molecule has 6 N–H and O–H groups in total. The molecule has 1 aromatic heterocycles. The van der Waals surface area contributed by atoms with Gasteiger partial charge in [-0.15, -0.1) is 11.3 Å². The van der Waals surface area contributed by atoms with Crippen LogP contribution in [-0.4, -0.2) is 64.9 Å². The van der Waals surface area contributed by atoms with Gasteiger partial charge in [0.15, 0.2) is 16.9 Å². The van der Waals surface area contributed by atoms with E-state index in [2.05, 4.69) is 20.3 Å². The molecule has 0 aromatic carbocycles. The molecular weight excluding hydrogens is 380 g/mol. The van der Waals surface area contributed by atoms with Crippen molar-refractivity contribution in [3.63, 3.8) is 0 Å². The van der Waals surface area contributed by atoms with Crippen molar-refractivity contribution in [3.8, 4) is 0 Å². The SMILES string of the molecule is CO/N=C(\C(=O)NC1C(=O)N(S(=O)(=O)O)C1C(N)=O)c1csc(N)n1. The Morgan fingerprint density at radius 2 is 2.16 bits per heavy atom. The number of rotatable bonds is 6. The highest BCUT2D eigenvalue weighted by atomic mass is 32.2. The molecule has 0 bridgehead atoms. The van der Waals surface area contributed by atoms with Gasteiger partial charge in [-0.25, -0.2) is 4.98 Å². The number of carbonyl (C=O) groups excluding carboxylic acids is 3. The third-order valence-electron chi connectivity index (χ3n) is 3.04. The standard InChI is InChI=1S/C10H12N6O7S2/c1-23-15-4(3-2-24-10(12)13-3)8(18)14-5-6(7(11)17)16(9(5)19)25(20,21)22/h2,5-6H,1H3,(H2,11,17)(H2,12,13)(H,14,18)(H,20,21,22)/b15-4-. The molecule has 13 nitrogen and oxygen atoms in total. The molecule has 2 rings (SSSR count). The van der Waals surface area contributed by atoms with Crippen molar-refractivity contribution in [2.24, 2.45) is 10.9 Å². The van der Waals surface area contributed by atoms with Crippen molar-refractivity contribution in [1.29, 1.82) is 0 Å². The maximum Gasteiger partial charge on any atom is 0.363 e. The quantitative estimate of drug-likeness (QED) is 0.169. The van der Waals surface area contributed by atoms with Crippen LogP contribution in [0.5, 0.6) is 0 Å². The monoisotopic (exact) mass is 392 g/mol. The number of nitrogens with one attached hydrogen (secondary N) is 1. The van der Waals surface area contributed by atoms with Crippen LogP contribution in [0, 0.1) is 0 Å². The van der Waals surface area contributed by atoms with Gasteiger partial charge in [0.25, 0.3) is 11.8 Å². The van der Waals surface area contributed by atoms with Gasteiger partial charge in [-0.1, -0.05) is 5.16 Å². The lowest BCUT2D eigenvalue weighted by Crippen LogP contribution is -2.75. The minimum atomic E-state index is -5.01. The Kier molecular flexibility index (Phi) is 4.91. The number of hydrogen-bond acceptors (Lipinski definition) is 10. The number of thiazole rings is 1. The van der Waals surface area contributed by atoms with Gasteiger partial charge < -0.3 is 21.6 Å². The first-order valence-corrected chi connectivity index (χ1v) is 8.59. The van der Waals surface area contributed by atoms with Gasteiger partial charge >= 0.3 is 10.3 Å². The maximum atomic E-state index is 12.3. The minimum Gasteiger partial charge on any atom is -0.398 e. The molecule has 2 heterocycles. The second-order valence-electron chi connectivity index (χ2n) is 4.60. The van der Waals surface area contributed by atoms with E-state index in [0.717, 1.165) is 18.4 Å². The summed E-state index contributed by atoms with van der Waals surface area (Å²) < 4.78 is 31.0. The minimum absolute atomic E-state index is 0.0379. The predicted octanol–water partition coefficient (Wildman–Crippen LogP) is -2.94. The number of hydrogen-bond donors (Lipinski definition) is 4. The van der Waals surface area contributed by atoms with Crippen molar-refractivity contribution in [2.75, 3.05) is 12.8 Å². The highest BCUT2D eigenvalue weighted by molar-refractivity contribution is 7.84. The second-order valence-corrected chi connectivity index (χ2v) is 6.78. The first kappa shape index (κ1) is 18.6. The van der Waals surface area contributed by atoms with Crippen LogP contribution in [0.1, 0.15) is 5.69 Å². The van der Waals surface area contributed by atoms with E-state index in [9.17, 15) is 22.8 Å². The molecule has 1 aliphatic heterocycles. The molecule has 0 saturated carbocycles. The number of β-lactam (4-membered cyclic amide) rings is 1. The summed E-state index contributed by atoms with van der Waals surface area (Å²) in [6, 6.07) is -3.39. The summed E-state index contributed by atoms with van der Waals surface area (Å²) in [7, 11) is -3.85. The number of carbonyl (C=O) groups is 3. The van der Waals surface area contributed by atoms with Crippen molar-refractivity contribution in [2.45, 2.75) is 12.1 Å². The number of oxime groups is 1. The zero-order chi connectivity index (χ0) is 18.9. The largest absolute Gasteiger partial charge is 0.398 e. The third-order valence-corrected chi connectivity index (χ3v) is 4.62. The molecule has 2 atom stereocenters. The average molecular weight is 392 g/mol. The van der Waals surface area contributed by atoms with Crippen molar-refractivity contribution < 1.29 is 32.2 Å². The average Bonchev–Trinajstić information content (AvgIpc) is 2.91. The molecule has 0 radical (unpaired) electrons. The van der Waals surface area contributed by atoms with E-state index in [1.54, 1.807) is 0 Å². The first-order chi connectivity index (χ1) is 11.6. The summed E-state index contributed by atoms with van der Waals surface area (Å²) in [5.74, 6) is -3.48. The van der Waals surface area contributed by atoms with Gasteiger partial charge in [-0.05, 0) is 0 Å². The molecule has 0 aliphatic carbocycles. The van der Waals surface area contributed by atoms with Crippen molar-refractivity contribution in [1.82, 2.24) is 14.6 Å². The summed E-state index contributed by atoms with van der Waals surface area (Å²) in [6.07, 6.45) is 0. The van der Waals surface area contributed by atoms with Crippen LogP contribution in [-0.2, 0) is 29.5 Å². The predicted molar refractivity (Wildman–Crippen MR) is 83.4 cm³/mol. The fraction of sp³-hybridized carbons (Fsp3) is 0.300. The van der Waals surface area contributed by atoms with Crippen LogP contribution in [0.25, 0.3) is 0 Å². The maximum absolute atomic E-state index is 12.3. The van der Waals surface area contributed by atoms with Crippen molar-refractivity contribution >= 4 is 50.2 Å². The Labute approximate surface area is 144 Å². The highest BCUT2D eigenvalue weighted by Gasteiger charge is 2.57. The van der Waals surface area contributed by atoms with E-state index in [0.29, 0.717) is 0 Å². The Bertz CT molecular complexity index is 863. The van der Waals surface area contributed by atoms with Gasteiger partial charge in [-0.3, -0.25) is 18.9 Å². The Morgan fingerprint density at radius 1 is 1.52 bits per heavy atom. The molecule has 15 heteroatoms. The number of nitrogens with two attached hydrogens (primary N) is 2. The fourth-order valence-corrected chi connectivity index (χ4v) is 3.44. The van der Waals surface area contributed by atoms with E-state index < -0.39 is 40.1 Å². The van der Waals surface area contributed by atoms with Crippen LogP contribution >= 0.6 is 11.3 Å². The number of nitrogens with zero attached hydrogens (tertiary/aromatic N) is 3. The zero-order valence-corrected chi connectivity index (χ0v) is 14.1. The molecule has 2 unspecified atom stereocenters.